The van der Waals surface area contributed by atoms with Gasteiger partial charge in [-0.2, -0.15) is 0 Å². The lowest BCUT2D eigenvalue weighted by Gasteiger charge is -2.34. The smallest absolute Gasteiger partial charge is 0.246 e. The molecule has 0 spiro atoms. The molecule has 604 valence electrons. The Balaban J connectivity index is 1.19. The summed E-state index contributed by atoms with van der Waals surface area (Å²) in [7, 11) is 0. The summed E-state index contributed by atoms with van der Waals surface area (Å²) in [6.07, 6.45) is 5.84. The molecule has 7 rings (SSSR count). The SMILES string of the molecule is CC(=O)N[C@@H](CCCNC(=N)N)C(=O)N[C@@H](CCCNC(=N)N)C(=O)N[C@@H](CCCNC(=N)N)C(=O)NCCCC[C@@H]1NC(=O)[C@H](CN)NC(=O)[C@H](Cc2c[nH]c3ccccc23)NC(=O)[C@H](CCCNC(=N)N)NC(=O)[C@@H](Cc2ccccc2)NC(=O)[C@H](Cc2cnc[nH]2)NC(=O)[C@@H]2CCCN2C(=O)[C@H]2CCCN2C1=O. The zero-order chi connectivity index (χ0) is 80.5. The third-order valence-corrected chi connectivity index (χ3v) is 19.2. The lowest BCUT2D eigenvalue weighted by molar-refractivity contribution is -0.148. The lowest BCUT2D eigenvalue weighted by Crippen LogP contribution is -2.62. The first-order chi connectivity index (χ1) is 53.2. The van der Waals surface area contributed by atoms with Crippen molar-refractivity contribution in [2.24, 2.45) is 28.7 Å². The molecule has 0 radical (unpaired) electrons. The number of aromatic nitrogens is 3. The molecule has 0 bridgehead atoms. The number of para-hydroxylation sites is 1. The Bertz CT molecular complexity index is 3900. The molecule has 0 saturated carbocycles. The van der Waals surface area contributed by atoms with Crippen LogP contribution >= 0.6 is 0 Å². The molecule has 4 aromatic rings. The van der Waals surface area contributed by atoms with Crippen molar-refractivity contribution < 1.29 is 57.5 Å². The largest absolute Gasteiger partial charge is 0.370 e. The van der Waals surface area contributed by atoms with Crippen molar-refractivity contribution in [3.8, 4) is 0 Å². The third kappa shape index (κ3) is 27.5. The van der Waals surface area contributed by atoms with Crippen LogP contribution in [0.4, 0.5) is 0 Å². The number of unbranched alkanes of at least 4 members (excludes halogenated alkanes) is 1. The lowest BCUT2D eigenvalue weighted by atomic mass is 10.0. The summed E-state index contributed by atoms with van der Waals surface area (Å²) in [6, 6.07) is 1.13. The minimum Gasteiger partial charge on any atom is -0.370 e. The van der Waals surface area contributed by atoms with Gasteiger partial charge in [0.15, 0.2) is 23.8 Å². The van der Waals surface area contributed by atoms with Gasteiger partial charge in [-0.15, -0.1) is 0 Å². The van der Waals surface area contributed by atoms with E-state index in [0.29, 0.717) is 40.6 Å². The van der Waals surface area contributed by atoms with E-state index in [0.717, 1.165) is 0 Å². The van der Waals surface area contributed by atoms with Gasteiger partial charge < -0.3 is 123 Å². The fourth-order valence-corrected chi connectivity index (χ4v) is 13.5. The van der Waals surface area contributed by atoms with Crippen molar-refractivity contribution in [2.75, 3.05) is 52.4 Å². The Morgan fingerprint density at radius 2 is 0.946 bits per heavy atom. The van der Waals surface area contributed by atoms with Crippen LogP contribution in [0.3, 0.4) is 0 Å². The fraction of sp³-hybridized carbons (Fsp3) is 0.535. The van der Waals surface area contributed by atoms with E-state index in [1.165, 1.54) is 29.2 Å². The molecule has 0 aliphatic carbocycles. The molecule has 30 N–H and O–H groups in total. The maximum Gasteiger partial charge on any atom is 0.246 e. The highest BCUT2D eigenvalue weighted by molar-refractivity contribution is 6.00. The van der Waals surface area contributed by atoms with E-state index in [1.54, 1.807) is 60.8 Å². The third-order valence-electron chi connectivity index (χ3n) is 19.2. The zero-order valence-electron chi connectivity index (χ0n) is 62.3. The molecule has 111 heavy (non-hydrogen) atoms. The molecular formula is C71H108N28O12. The average Bonchev–Trinajstić information content (AvgIpc) is 1.68. The number of hydrogen-bond acceptors (Lipinski definition) is 18. The normalized spacial score (nSPS) is 21.0. The molecule has 12 amide bonds. The number of hydrogen-bond donors (Lipinski definition) is 25. The highest BCUT2D eigenvalue weighted by atomic mass is 16.2. The van der Waals surface area contributed by atoms with E-state index in [2.05, 4.69) is 89.4 Å². The van der Waals surface area contributed by atoms with E-state index < -0.39 is 144 Å². The number of nitrogens with one attached hydrogen (secondary N) is 20. The first-order valence-electron chi connectivity index (χ1n) is 37.4. The van der Waals surface area contributed by atoms with Crippen LogP contribution in [0.2, 0.25) is 0 Å². The molecule has 5 heterocycles. The van der Waals surface area contributed by atoms with Crippen LogP contribution in [0.25, 0.3) is 10.9 Å². The standard InChI is InChI=1S/C71H108N28O12/c1-40(100)89-47(21-10-28-84-69(75)76)58(102)91-48(22-11-29-85-70(77)78)59(103)90-46(20-9-27-83-68(73)74)57(101)82-26-8-7-19-50-66(110)99-32-14-25-56(99)67(111)98-31-13-24-55(98)65(109)96-53(35-43-38-81-39-88-43)63(107)94-51(33-41-15-3-2-4-16-41)61(105)92-49(23-12-30-86-71(79)80)60(104)95-52(62(106)97-54(36-72)64(108)93-50)34-42-37-87-45-18-6-5-17-44(42)45/h2-6,15-18,37-39,46-56,87H,7-14,19-36,72H2,1H3,(H,81,88)(H,82,101)(H,89,100)(H,90,103)(H,91,102)(H,92,105)(H,93,108)(H,94,107)(H,95,104)(H,96,109)(H,97,106)(H4,73,74,83)(H4,75,76,84)(H4,77,78,85)(H4,79,80,86)/t46-,47-,48-,49-,50-,51+,52-,53-,54-,55-,56+/m0/s1. The van der Waals surface area contributed by atoms with Crippen molar-refractivity contribution >= 4 is 106 Å². The van der Waals surface area contributed by atoms with Gasteiger partial charge in [0.25, 0.3) is 0 Å². The molecule has 11 atom stereocenters. The van der Waals surface area contributed by atoms with Gasteiger partial charge in [0.2, 0.25) is 70.9 Å². The average molecular weight is 1550 g/mol. The Labute approximate surface area is 641 Å². The summed E-state index contributed by atoms with van der Waals surface area (Å²) in [6.45, 7) is 1.23. The van der Waals surface area contributed by atoms with Crippen molar-refractivity contribution in [3.05, 3.63) is 90.1 Å². The second kappa shape index (κ2) is 43.8. The van der Waals surface area contributed by atoms with Crippen LogP contribution in [0.15, 0.2) is 73.3 Å². The minimum atomic E-state index is -1.59. The first-order valence-corrected chi connectivity index (χ1v) is 37.4. The van der Waals surface area contributed by atoms with Crippen molar-refractivity contribution in [1.29, 1.82) is 21.6 Å². The van der Waals surface area contributed by atoms with Crippen LogP contribution in [-0.4, -0.2) is 238 Å². The van der Waals surface area contributed by atoms with Crippen molar-refractivity contribution in [3.63, 3.8) is 0 Å². The summed E-state index contributed by atoms with van der Waals surface area (Å²) in [5.41, 5.74) is 30.7. The predicted molar refractivity (Wildman–Crippen MR) is 409 cm³/mol. The van der Waals surface area contributed by atoms with E-state index in [9.17, 15) is 38.4 Å². The number of aromatic amines is 2. The van der Waals surface area contributed by atoms with Gasteiger partial charge in [-0.05, 0) is 114 Å². The van der Waals surface area contributed by atoms with Gasteiger partial charge in [0.1, 0.15) is 66.5 Å². The molecule has 0 unspecified atom stereocenters. The number of rotatable bonds is 34. The van der Waals surface area contributed by atoms with Crippen LogP contribution in [0.5, 0.6) is 0 Å². The Hall–Kier alpha value is -12.1. The predicted octanol–water partition coefficient (Wildman–Crippen LogP) is -5.40. The van der Waals surface area contributed by atoms with E-state index in [1.807, 2.05) is 0 Å². The maximum atomic E-state index is 15.4. The topological polar surface area (TPSA) is 650 Å². The number of carbonyl (C=O) groups is 12. The van der Waals surface area contributed by atoms with Crippen molar-refractivity contribution in [1.82, 2.24) is 99.2 Å². The molecular weight excluding hydrogens is 1440 g/mol. The summed E-state index contributed by atoms with van der Waals surface area (Å²) in [4.78, 5) is 188. The van der Waals surface area contributed by atoms with Gasteiger partial charge in [-0.25, -0.2) is 4.98 Å². The summed E-state index contributed by atoms with van der Waals surface area (Å²) >= 11 is 0. The van der Waals surface area contributed by atoms with E-state index >= 15 is 19.2 Å². The number of nitrogens with two attached hydrogens (primary N) is 5. The number of imidazole rings is 1. The number of guanidine groups is 4. The van der Waals surface area contributed by atoms with Crippen molar-refractivity contribution in [2.45, 2.75) is 189 Å². The highest BCUT2D eigenvalue weighted by Gasteiger charge is 2.45. The first kappa shape index (κ1) is 86.1. The van der Waals surface area contributed by atoms with E-state index in [4.69, 9.17) is 50.3 Å². The second-order valence-electron chi connectivity index (χ2n) is 27.6. The number of amides is 12. The van der Waals surface area contributed by atoms with Crippen LogP contribution in [0.1, 0.15) is 120 Å². The summed E-state index contributed by atoms with van der Waals surface area (Å²) in [5.74, 6) is -10.4. The van der Waals surface area contributed by atoms with E-state index in [-0.39, 0.29) is 172 Å². The number of H-pyrrole nitrogens is 2. The van der Waals surface area contributed by atoms with Gasteiger partial charge in [0, 0.05) is 108 Å². The van der Waals surface area contributed by atoms with Gasteiger partial charge in [-0.3, -0.25) is 79.2 Å². The number of nitrogens with zero attached hydrogens (tertiary/aromatic N) is 3. The molecule has 40 heteroatoms. The number of fused-ring (bicyclic) bond motifs is 3. The highest BCUT2D eigenvalue weighted by Crippen LogP contribution is 2.27. The molecule has 3 saturated heterocycles. The molecule has 3 fully saturated rings. The fourth-order valence-electron chi connectivity index (χ4n) is 13.5. The van der Waals surface area contributed by atoms with Gasteiger partial charge >= 0.3 is 0 Å². The van der Waals surface area contributed by atoms with Crippen LogP contribution in [0, 0.1) is 21.6 Å². The monoisotopic (exact) mass is 1540 g/mol. The number of benzene rings is 2. The molecule has 3 aliphatic heterocycles. The maximum absolute atomic E-state index is 15.4. The van der Waals surface area contributed by atoms with Gasteiger partial charge in [-0.1, -0.05) is 48.5 Å². The minimum absolute atomic E-state index is 0.0162. The Morgan fingerprint density at radius 1 is 0.486 bits per heavy atom. The number of carbonyl (C=O) groups excluding carboxylic acids is 12. The molecule has 2 aromatic carbocycles. The zero-order valence-corrected chi connectivity index (χ0v) is 62.3. The summed E-state index contributed by atoms with van der Waals surface area (Å²) < 4.78 is 0. The Morgan fingerprint density at radius 3 is 1.51 bits per heavy atom. The quantitative estimate of drug-likeness (QED) is 0.0118. The molecule has 2 aromatic heterocycles. The molecule has 40 nitrogen and oxygen atoms in total. The second-order valence-corrected chi connectivity index (χ2v) is 27.6. The van der Waals surface area contributed by atoms with Crippen LogP contribution in [-0.2, 0) is 76.8 Å². The van der Waals surface area contributed by atoms with Crippen LogP contribution < -0.4 is 103 Å². The van der Waals surface area contributed by atoms with Gasteiger partial charge in [0.05, 0.1) is 6.33 Å². The molecule has 3 aliphatic rings. The summed E-state index contributed by atoms with van der Waals surface area (Å²) in [5, 5.41) is 69.3. The Kier molecular flexibility index (Phi) is 33.9.